The molecular formula is C12H22N2O2S3. The Labute approximate surface area is 124 Å². The Morgan fingerprint density at radius 1 is 1.47 bits per heavy atom. The number of thioether (sulfide) groups is 1. The van der Waals surface area contributed by atoms with Gasteiger partial charge in [-0.15, -0.1) is 11.3 Å². The Morgan fingerprint density at radius 2 is 2.16 bits per heavy atom. The minimum Gasteiger partial charge on any atom is -0.315 e. The summed E-state index contributed by atoms with van der Waals surface area (Å²) in [4.78, 5) is 2.30. The Kier molecular flexibility index (Phi) is 6.82. The summed E-state index contributed by atoms with van der Waals surface area (Å²) in [5.74, 6) is 0.794. The maximum absolute atomic E-state index is 12.4. The molecule has 0 aliphatic rings. The summed E-state index contributed by atoms with van der Waals surface area (Å²) in [5, 5.41) is 3.04. The first-order valence-electron chi connectivity index (χ1n) is 6.19. The molecule has 0 aliphatic heterocycles. The van der Waals surface area contributed by atoms with Crippen molar-refractivity contribution in [2.45, 2.75) is 37.8 Å². The lowest BCUT2D eigenvalue weighted by molar-refractivity contribution is 0.558. The first kappa shape index (κ1) is 17.0. The molecule has 1 rings (SSSR count). The first-order valence-corrected chi connectivity index (χ1v) is 9.89. The second kappa shape index (κ2) is 7.64. The molecule has 1 aromatic rings. The molecule has 0 fully saturated rings. The van der Waals surface area contributed by atoms with Gasteiger partial charge in [0.1, 0.15) is 0 Å². The topological polar surface area (TPSA) is 58.2 Å². The van der Waals surface area contributed by atoms with E-state index in [-0.39, 0.29) is 6.04 Å². The van der Waals surface area contributed by atoms with E-state index in [0.717, 1.165) is 21.9 Å². The monoisotopic (exact) mass is 322 g/mol. The van der Waals surface area contributed by atoms with Crippen LogP contribution in [0.15, 0.2) is 11.0 Å². The van der Waals surface area contributed by atoms with Gasteiger partial charge in [0.2, 0.25) is 10.0 Å². The number of hydrogen-bond acceptors (Lipinski definition) is 5. The summed E-state index contributed by atoms with van der Waals surface area (Å²) < 4.78 is 27.6. The predicted molar refractivity (Wildman–Crippen MR) is 84.6 cm³/mol. The Morgan fingerprint density at radius 3 is 2.68 bits per heavy atom. The van der Waals surface area contributed by atoms with Gasteiger partial charge >= 0.3 is 0 Å². The van der Waals surface area contributed by atoms with Crippen LogP contribution in [0.3, 0.4) is 0 Å². The number of nitrogens with one attached hydrogen (secondary N) is 2. The van der Waals surface area contributed by atoms with Crippen LogP contribution < -0.4 is 10.0 Å². The van der Waals surface area contributed by atoms with Gasteiger partial charge in [-0.05, 0) is 32.7 Å². The largest absolute Gasteiger partial charge is 0.315 e. The number of rotatable bonds is 8. The smallest absolute Gasteiger partial charge is 0.241 e. The molecule has 7 heteroatoms. The number of thiophene rings is 1. The minimum absolute atomic E-state index is 0.00736. The van der Waals surface area contributed by atoms with Gasteiger partial charge < -0.3 is 5.32 Å². The lowest BCUT2D eigenvalue weighted by Crippen LogP contribution is -2.36. The maximum atomic E-state index is 12.4. The van der Waals surface area contributed by atoms with Gasteiger partial charge in [0.05, 0.1) is 4.90 Å². The van der Waals surface area contributed by atoms with Crippen molar-refractivity contribution in [1.82, 2.24) is 10.0 Å². The van der Waals surface area contributed by atoms with Crippen LogP contribution in [0.4, 0.5) is 0 Å². The predicted octanol–water partition coefficient (Wildman–Crippen LogP) is 2.20. The fourth-order valence-electron chi connectivity index (χ4n) is 1.77. The number of sulfonamides is 1. The third kappa shape index (κ3) is 4.75. The molecule has 1 unspecified atom stereocenters. The van der Waals surface area contributed by atoms with E-state index in [0.29, 0.717) is 11.4 Å². The number of hydrogen-bond donors (Lipinski definition) is 2. The number of aryl methyl sites for hydroxylation is 1. The standard InChI is InChI=1S/C12H22N2O2S3/c1-5-10(8-17-4)14-19(15,16)12-6-11(7-13-3)18-9(12)2/h6,10,13-14H,5,7-8H2,1-4H3. The molecule has 19 heavy (non-hydrogen) atoms. The van der Waals surface area contributed by atoms with Crippen LogP contribution in [0.5, 0.6) is 0 Å². The summed E-state index contributed by atoms with van der Waals surface area (Å²) in [6.07, 6.45) is 2.78. The van der Waals surface area contributed by atoms with Crippen LogP contribution >= 0.6 is 23.1 Å². The molecule has 1 heterocycles. The van der Waals surface area contributed by atoms with Gasteiger partial charge in [-0.1, -0.05) is 6.92 Å². The highest BCUT2D eigenvalue weighted by atomic mass is 32.2. The summed E-state index contributed by atoms with van der Waals surface area (Å²) in [7, 11) is -1.55. The van der Waals surface area contributed by atoms with Gasteiger partial charge in [-0.25, -0.2) is 13.1 Å². The van der Waals surface area contributed by atoms with Gasteiger partial charge in [0, 0.05) is 28.1 Å². The first-order chi connectivity index (χ1) is 8.94. The molecule has 1 atom stereocenters. The van der Waals surface area contributed by atoms with E-state index in [1.165, 1.54) is 11.3 Å². The average Bonchev–Trinajstić information content (AvgIpc) is 2.71. The van der Waals surface area contributed by atoms with Crippen molar-refractivity contribution >= 4 is 33.1 Å². The second-order valence-electron chi connectivity index (χ2n) is 4.35. The normalized spacial score (nSPS) is 13.7. The van der Waals surface area contributed by atoms with Crippen molar-refractivity contribution in [1.29, 1.82) is 0 Å². The van der Waals surface area contributed by atoms with Crippen LogP contribution in [0.1, 0.15) is 23.1 Å². The van der Waals surface area contributed by atoms with E-state index in [2.05, 4.69) is 10.0 Å². The molecule has 0 aromatic carbocycles. The van der Waals surface area contributed by atoms with Crippen molar-refractivity contribution < 1.29 is 8.42 Å². The third-order valence-corrected chi connectivity index (χ3v) is 6.31. The lowest BCUT2D eigenvalue weighted by atomic mass is 10.3. The van der Waals surface area contributed by atoms with E-state index in [4.69, 9.17) is 0 Å². The van der Waals surface area contributed by atoms with Crippen molar-refractivity contribution in [3.63, 3.8) is 0 Å². The van der Waals surface area contributed by atoms with E-state index < -0.39 is 10.0 Å². The van der Waals surface area contributed by atoms with Crippen molar-refractivity contribution in [2.75, 3.05) is 19.1 Å². The van der Waals surface area contributed by atoms with Crippen molar-refractivity contribution in [2.24, 2.45) is 0 Å². The van der Waals surface area contributed by atoms with Gasteiger partial charge in [0.15, 0.2) is 0 Å². The second-order valence-corrected chi connectivity index (χ2v) is 8.28. The van der Waals surface area contributed by atoms with Crippen LogP contribution in [0.25, 0.3) is 0 Å². The zero-order valence-corrected chi connectivity index (χ0v) is 14.3. The van der Waals surface area contributed by atoms with Crippen LogP contribution in [0, 0.1) is 6.92 Å². The SMILES string of the molecule is CCC(CSC)NS(=O)(=O)c1cc(CNC)sc1C. The molecule has 0 aliphatic carbocycles. The quantitative estimate of drug-likeness (QED) is 0.770. The lowest BCUT2D eigenvalue weighted by Gasteiger charge is -2.15. The Balaban J connectivity index is 2.93. The highest BCUT2D eigenvalue weighted by molar-refractivity contribution is 7.98. The Hall–Kier alpha value is -0.0800. The van der Waals surface area contributed by atoms with Crippen molar-refractivity contribution in [3.05, 3.63) is 15.8 Å². The van der Waals surface area contributed by atoms with E-state index in [1.54, 1.807) is 17.8 Å². The molecular weight excluding hydrogens is 300 g/mol. The molecule has 4 nitrogen and oxygen atoms in total. The van der Waals surface area contributed by atoms with Crippen LogP contribution in [-0.2, 0) is 16.6 Å². The van der Waals surface area contributed by atoms with Gasteiger partial charge in [-0.3, -0.25) is 0 Å². The molecule has 2 N–H and O–H groups in total. The molecule has 0 amide bonds. The molecule has 0 radical (unpaired) electrons. The molecule has 110 valence electrons. The highest BCUT2D eigenvalue weighted by Crippen LogP contribution is 2.26. The fraction of sp³-hybridized carbons (Fsp3) is 0.667. The van der Waals surface area contributed by atoms with Crippen molar-refractivity contribution in [3.8, 4) is 0 Å². The molecule has 0 saturated carbocycles. The molecule has 0 bridgehead atoms. The Bertz CT molecular complexity index is 497. The fourth-order valence-corrected chi connectivity index (χ4v) is 5.57. The van der Waals surface area contributed by atoms with Crippen LogP contribution in [-0.4, -0.2) is 33.5 Å². The average molecular weight is 323 g/mol. The summed E-state index contributed by atoms with van der Waals surface area (Å²) in [6.45, 7) is 4.55. The zero-order chi connectivity index (χ0) is 14.5. The van der Waals surface area contributed by atoms with E-state index in [9.17, 15) is 8.42 Å². The van der Waals surface area contributed by atoms with E-state index in [1.807, 2.05) is 27.2 Å². The molecule has 0 saturated heterocycles. The maximum Gasteiger partial charge on any atom is 0.241 e. The highest BCUT2D eigenvalue weighted by Gasteiger charge is 2.22. The summed E-state index contributed by atoms with van der Waals surface area (Å²) in [6, 6.07) is 1.76. The minimum atomic E-state index is -3.40. The summed E-state index contributed by atoms with van der Waals surface area (Å²) in [5.41, 5.74) is 0. The summed E-state index contributed by atoms with van der Waals surface area (Å²) >= 11 is 3.18. The van der Waals surface area contributed by atoms with E-state index >= 15 is 0 Å². The molecule has 1 aromatic heterocycles. The van der Waals surface area contributed by atoms with Crippen LogP contribution in [0.2, 0.25) is 0 Å². The molecule has 0 spiro atoms. The third-order valence-electron chi connectivity index (χ3n) is 2.75. The zero-order valence-electron chi connectivity index (χ0n) is 11.8. The van der Waals surface area contributed by atoms with Gasteiger partial charge in [0.25, 0.3) is 0 Å². The van der Waals surface area contributed by atoms with Gasteiger partial charge in [-0.2, -0.15) is 11.8 Å².